The zero-order valence-electron chi connectivity index (χ0n) is 17.3. The third-order valence-corrected chi connectivity index (χ3v) is 5.03. The van der Waals surface area contributed by atoms with E-state index in [2.05, 4.69) is 25.3 Å². The van der Waals surface area contributed by atoms with Gasteiger partial charge in [-0.3, -0.25) is 14.8 Å². The molecule has 0 aliphatic carbocycles. The summed E-state index contributed by atoms with van der Waals surface area (Å²) in [5.74, 6) is -0.351. The third kappa shape index (κ3) is 4.58. The van der Waals surface area contributed by atoms with Crippen molar-refractivity contribution in [3.63, 3.8) is 0 Å². The second-order valence-electron chi connectivity index (χ2n) is 7.41. The van der Waals surface area contributed by atoms with Crippen LogP contribution in [0.3, 0.4) is 0 Å². The molecule has 0 spiro atoms. The number of aromatic nitrogens is 5. The maximum atomic E-state index is 12.7. The van der Waals surface area contributed by atoms with E-state index in [1.807, 2.05) is 7.05 Å². The van der Waals surface area contributed by atoms with Crippen LogP contribution in [0.2, 0.25) is 0 Å². The summed E-state index contributed by atoms with van der Waals surface area (Å²) in [6.07, 6.45) is 2.28. The summed E-state index contributed by atoms with van der Waals surface area (Å²) >= 11 is 0. The molecule has 4 aromatic rings. The Balaban J connectivity index is 1.40. The summed E-state index contributed by atoms with van der Waals surface area (Å²) in [4.78, 5) is 29.6. The van der Waals surface area contributed by atoms with E-state index in [0.717, 1.165) is 17.6 Å². The molecule has 4 rings (SSSR count). The van der Waals surface area contributed by atoms with Crippen molar-refractivity contribution in [2.45, 2.75) is 25.6 Å². The first kappa shape index (κ1) is 21.4. The van der Waals surface area contributed by atoms with E-state index in [-0.39, 0.29) is 11.6 Å². The van der Waals surface area contributed by atoms with Crippen molar-refractivity contribution in [1.82, 2.24) is 29.8 Å². The maximum absolute atomic E-state index is 12.7. The second kappa shape index (κ2) is 8.37. The number of carbonyl (C=O) groups is 1. The average molecular weight is 440 g/mol. The molecule has 0 saturated carbocycles. The highest BCUT2D eigenvalue weighted by Crippen LogP contribution is 2.29. The van der Waals surface area contributed by atoms with Crippen LogP contribution in [-0.4, -0.2) is 30.4 Å². The highest BCUT2D eigenvalue weighted by Gasteiger charge is 2.29. The summed E-state index contributed by atoms with van der Waals surface area (Å²) in [5, 5.41) is 2.84. The van der Waals surface area contributed by atoms with Crippen molar-refractivity contribution in [2.24, 2.45) is 7.05 Å². The van der Waals surface area contributed by atoms with E-state index >= 15 is 0 Å². The van der Waals surface area contributed by atoms with Gasteiger partial charge in [0.1, 0.15) is 11.2 Å². The fraction of sp³-hybridized carbons (Fsp3) is 0.227. The number of hydrogen-bond acceptors (Lipinski definition) is 5. The Bertz CT molecular complexity index is 1250. The minimum atomic E-state index is -4.36. The minimum absolute atomic E-state index is 0.264. The molecule has 3 heterocycles. The van der Waals surface area contributed by atoms with Gasteiger partial charge in [-0.1, -0.05) is 12.1 Å². The Morgan fingerprint density at radius 2 is 1.81 bits per heavy atom. The van der Waals surface area contributed by atoms with Gasteiger partial charge in [0.05, 0.1) is 47.2 Å². The van der Waals surface area contributed by atoms with Crippen LogP contribution in [0.1, 0.15) is 46.0 Å². The van der Waals surface area contributed by atoms with Gasteiger partial charge in [0.25, 0.3) is 5.91 Å². The Labute approximate surface area is 181 Å². The van der Waals surface area contributed by atoms with Gasteiger partial charge >= 0.3 is 6.18 Å². The van der Waals surface area contributed by atoms with E-state index in [1.165, 1.54) is 12.1 Å². The van der Waals surface area contributed by atoms with Gasteiger partial charge in [0, 0.05) is 19.7 Å². The van der Waals surface area contributed by atoms with E-state index in [1.54, 1.807) is 42.5 Å². The molecule has 0 aliphatic rings. The summed E-state index contributed by atoms with van der Waals surface area (Å²) in [5.41, 5.74) is 2.92. The van der Waals surface area contributed by atoms with Crippen molar-refractivity contribution in [3.05, 3.63) is 83.5 Å². The number of rotatable bonds is 5. The van der Waals surface area contributed by atoms with Crippen LogP contribution in [0.5, 0.6) is 0 Å². The first-order valence-electron chi connectivity index (χ1n) is 9.75. The first-order valence-corrected chi connectivity index (χ1v) is 9.75. The highest BCUT2D eigenvalue weighted by molar-refractivity contribution is 5.95. The first-order chi connectivity index (χ1) is 15.2. The van der Waals surface area contributed by atoms with Crippen molar-refractivity contribution >= 4 is 16.9 Å². The Morgan fingerprint density at radius 3 is 2.47 bits per heavy atom. The lowest BCUT2D eigenvalue weighted by atomic mass is 10.1. The molecule has 1 amide bonds. The number of carbonyl (C=O) groups excluding carboxylic acids is 1. The number of nitrogens with one attached hydrogen (secondary N) is 1. The molecule has 1 N–H and O–H groups in total. The van der Waals surface area contributed by atoms with Crippen molar-refractivity contribution in [3.8, 4) is 0 Å². The van der Waals surface area contributed by atoms with Crippen molar-refractivity contribution in [2.75, 3.05) is 0 Å². The van der Waals surface area contributed by atoms with Gasteiger partial charge in [-0.05, 0) is 30.7 Å². The third-order valence-electron chi connectivity index (χ3n) is 5.03. The van der Waals surface area contributed by atoms with E-state index < -0.39 is 17.8 Å². The molecule has 3 aromatic heterocycles. The summed E-state index contributed by atoms with van der Waals surface area (Å²) in [6.45, 7) is 1.78. The zero-order valence-corrected chi connectivity index (χ0v) is 17.3. The number of alkyl halides is 3. The molecule has 1 unspecified atom stereocenters. The fourth-order valence-electron chi connectivity index (χ4n) is 3.20. The Morgan fingerprint density at radius 1 is 1.06 bits per heavy atom. The number of benzene rings is 1. The van der Waals surface area contributed by atoms with E-state index in [9.17, 15) is 18.0 Å². The molecule has 1 atom stereocenters. The molecule has 0 bridgehead atoms. The molecular formula is C22H19F3N6O. The summed E-state index contributed by atoms with van der Waals surface area (Å²) in [7, 11) is 1.83. The van der Waals surface area contributed by atoms with E-state index in [0.29, 0.717) is 28.9 Å². The van der Waals surface area contributed by atoms with Gasteiger partial charge in [-0.25, -0.2) is 9.97 Å². The normalized spacial score (nSPS) is 12.7. The molecule has 164 valence electrons. The van der Waals surface area contributed by atoms with Crippen molar-refractivity contribution < 1.29 is 18.0 Å². The minimum Gasteiger partial charge on any atom is -0.343 e. The molecule has 0 radical (unpaired) electrons. The highest BCUT2D eigenvalue weighted by atomic mass is 19.4. The number of amides is 1. The van der Waals surface area contributed by atoms with Gasteiger partial charge < -0.3 is 9.88 Å². The summed E-state index contributed by atoms with van der Waals surface area (Å²) < 4.78 is 39.8. The lowest BCUT2D eigenvalue weighted by Gasteiger charge is -2.13. The van der Waals surface area contributed by atoms with Crippen LogP contribution in [0.4, 0.5) is 13.2 Å². The van der Waals surface area contributed by atoms with Crippen LogP contribution < -0.4 is 5.32 Å². The molecule has 7 nitrogen and oxygen atoms in total. The SMILES string of the molecule is CC(NC(=O)c1cc2c(cn1)ncn2C)c1cnc(Cc2ccc(C(F)(F)F)cc2)cn1. The maximum Gasteiger partial charge on any atom is 0.416 e. The van der Waals surface area contributed by atoms with Crippen LogP contribution in [0.25, 0.3) is 11.0 Å². The topological polar surface area (TPSA) is 85.6 Å². The monoisotopic (exact) mass is 440 g/mol. The summed E-state index contributed by atoms with van der Waals surface area (Å²) in [6, 6.07) is 6.19. The van der Waals surface area contributed by atoms with Gasteiger partial charge in [0.15, 0.2) is 0 Å². The Kier molecular flexibility index (Phi) is 5.60. The number of hydrogen-bond donors (Lipinski definition) is 1. The average Bonchev–Trinajstić information content (AvgIpc) is 3.14. The predicted octanol–water partition coefficient (Wildman–Crippen LogP) is 3.86. The second-order valence-corrected chi connectivity index (χ2v) is 7.41. The number of pyridine rings is 1. The standard InChI is InChI=1S/C22H19F3N6O/c1-13(30-21(32)17-8-20-19(11-28-17)29-12-31(20)2)18-10-26-16(9-27-18)7-14-3-5-15(6-4-14)22(23,24)25/h3-6,8-13H,7H2,1-2H3,(H,30,32). The van der Waals surface area contributed by atoms with Crippen LogP contribution in [0.15, 0.2) is 55.2 Å². The number of aryl methyl sites for hydroxylation is 1. The van der Waals surface area contributed by atoms with Gasteiger partial charge in [-0.15, -0.1) is 0 Å². The lowest BCUT2D eigenvalue weighted by Crippen LogP contribution is -2.28. The Hall–Kier alpha value is -3.82. The quantitative estimate of drug-likeness (QED) is 0.509. The van der Waals surface area contributed by atoms with Crippen LogP contribution >= 0.6 is 0 Å². The van der Waals surface area contributed by atoms with Gasteiger partial charge in [-0.2, -0.15) is 13.2 Å². The number of nitrogens with zero attached hydrogens (tertiary/aromatic N) is 5. The molecule has 0 fully saturated rings. The molecule has 10 heteroatoms. The lowest BCUT2D eigenvalue weighted by molar-refractivity contribution is -0.137. The molecule has 1 aromatic carbocycles. The number of halogens is 3. The predicted molar refractivity (Wildman–Crippen MR) is 111 cm³/mol. The molecular weight excluding hydrogens is 421 g/mol. The van der Waals surface area contributed by atoms with Gasteiger partial charge in [0.2, 0.25) is 0 Å². The zero-order chi connectivity index (χ0) is 22.9. The van der Waals surface area contributed by atoms with Crippen LogP contribution in [0, 0.1) is 0 Å². The van der Waals surface area contributed by atoms with Crippen LogP contribution in [-0.2, 0) is 19.6 Å². The smallest absolute Gasteiger partial charge is 0.343 e. The van der Waals surface area contributed by atoms with E-state index in [4.69, 9.17) is 0 Å². The number of imidazole rings is 1. The fourth-order valence-corrected chi connectivity index (χ4v) is 3.20. The molecule has 0 saturated heterocycles. The number of fused-ring (bicyclic) bond motifs is 1. The largest absolute Gasteiger partial charge is 0.416 e. The molecule has 32 heavy (non-hydrogen) atoms. The molecule has 0 aliphatic heterocycles. The van der Waals surface area contributed by atoms with Crippen molar-refractivity contribution in [1.29, 1.82) is 0 Å².